The van der Waals surface area contributed by atoms with Gasteiger partial charge in [-0.2, -0.15) is 18.3 Å². The minimum absolute atomic E-state index is 0.0634. The summed E-state index contributed by atoms with van der Waals surface area (Å²) >= 11 is 0. The van der Waals surface area contributed by atoms with Gasteiger partial charge in [0.25, 0.3) is 0 Å². The predicted octanol–water partition coefficient (Wildman–Crippen LogP) is 2.10. The second-order valence-electron chi connectivity index (χ2n) is 4.77. The zero-order chi connectivity index (χ0) is 17.0. The van der Waals surface area contributed by atoms with Crippen molar-refractivity contribution in [3.63, 3.8) is 0 Å². The Labute approximate surface area is 129 Å². The van der Waals surface area contributed by atoms with Crippen LogP contribution >= 0.6 is 0 Å². The van der Waals surface area contributed by atoms with Crippen molar-refractivity contribution in [3.8, 4) is 0 Å². The first kappa shape index (κ1) is 16.5. The number of aromatic nitrogens is 2. The molecule has 0 unspecified atom stereocenters. The SMILES string of the molecule is Cn1ccc(NC(=O)C(=O)Nc2ccc(CC(F)(F)F)cc2)n1. The smallest absolute Gasteiger partial charge is 0.318 e. The van der Waals surface area contributed by atoms with Crippen molar-refractivity contribution in [2.45, 2.75) is 12.6 Å². The molecule has 2 N–H and O–H groups in total. The zero-order valence-electron chi connectivity index (χ0n) is 12.0. The third-order valence-corrected chi connectivity index (χ3v) is 2.78. The number of hydrogen-bond donors (Lipinski definition) is 2. The molecule has 0 aliphatic rings. The van der Waals surface area contributed by atoms with Gasteiger partial charge in [-0.25, -0.2) is 0 Å². The summed E-state index contributed by atoms with van der Waals surface area (Å²) in [5.41, 5.74) is 0.283. The number of benzene rings is 1. The van der Waals surface area contributed by atoms with Crippen molar-refractivity contribution in [1.82, 2.24) is 9.78 Å². The van der Waals surface area contributed by atoms with Crippen LogP contribution in [0.15, 0.2) is 36.5 Å². The van der Waals surface area contributed by atoms with Crippen LogP contribution in [0.5, 0.6) is 0 Å². The van der Waals surface area contributed by atoms with E-state index in [2.05, 4.69) is 15.7 Å². The Morgan fingerprint density at radius 3 is 2.22 bits per heavy atom. The summed E-state index contributed by atoms with van der Waals surface area (Å²) < 4.78 is 38.2. The summed E-state index contributed by atoms with van der Waals surface area (Å²) in [7, 11) is 1.65. The van der Waals surface area contributed by atoms with Crippen LogP contribution in [-0.2, 0) is 23.1 Å². The summed E-state index contributed by atoms with van der Waals surface area (Å²) in [6.45, 7) is 0. The maximum atomic E-state index is 12.2. The van der Waals surface area contributed by atoms with Crippen molar-refractivity contribution in [2.75, 3.05) is 10.6 Å². The molecule has 122 valence electrons. The number of carbonyl (C=O) groups excluding carboxylic acids is 2. The van der Waals surface area contributed by atoms with E-state index < -0.39 is 24.4 Å². The highest BCUT2D eigenvalue weighted by atomic mass is 19.4. The Balaban J connectivity index is 1.93. The predicted molar refractivity (Wildman–Crippen MR) is 76.7 cm³/mol. The monoisotopic (exact) mass is 326 g/mol. The Kier molecular flexibility index (Phi) is 4.68. The minimum Gasteiger partial charge on any atom is -0.318 e. The third-order valence-electron chi connectivity index (χ3n) is 2.78. The minimum atomic E-state index is -4.30. The Hall–Kier alpha value is -2.84. The van der Waals surface area contributed by atoms with E-state index >= 15 is 0 Å². The number of alkyl halides is 3. The number of rotatable bonds is 3. The Morgan fingerprint density at radius 1 is 1.09 bits per heavy atom. The number of aryl methyl sites for hydroxylation is 1. The highest BCUT2D eigenvalue weighted by molar-refractivity contribution is 6.43. The van der Waals surface area contributed by atoms with Gasteiger partial charge >= 0.3 is 18.0 Å². The molecular weight excluding hydrogens is 313 g/mol. The van der Waals surface area contributed by atoms with Gasteiger partial charge in [-0.1, -0.05) is 12.1 Å². The molecule has 0 bridgehead atoms. The van der Waals surface area contributed by atoms with Crippen LogP contribution in [0.4, 0.5) is 24.7 Å². The molecule has 0 atom stereocenters. The number of amides is 2. The molecule has 2 rings (SSSR count). The maximum Gasteiger partial charge on any atom is 0.393 e. The molecule has 0 spiro atoms. The molecule has 0 aliphatic carbocycles. The van der Waals surface area contributed by atoms with Crippen LogP contribution in [0.1, 0.15) is 5.56 Å². The number of hydrogen-bond acceptors (Lipinski definition) is 3. The van der Waals surface area contributed by atoms with E-state index in [4.69, 9.17) is 0 Å². The number of nitrogens with one attached hydrogen (secondary N) is 2. The largest absolute Gasteiger partial charge is 0.393 e. The zero-order valence-corrected chi connectivity index (χ0v) is 12.0. The van der Waals surface area contributed by atoms with Gasteiger partial charge in [-0.05, 0) is 17.7 Å². The van der Waals surface area contributed by atoms with Gasteiger partial charge in [-0.15, -0.1) is 0 Å². The molecule has 0 saturated carbocycles. The first-order valence-corrected chi connectivity index (χ1v) is 6.50. The quantitative estimate of drug-likeness (QED) is 0.848. The molecular formula is C14H13F3N4O2. The van der Waals surface area contributed by atoms with E-state index in [9.17, 15) is 22.8 Å². The van der Waals surface area contributed by atoms with Crippen LogP contribution in [-0.4, -0.2) is 27.8 Å². The highest BCUT2D eigenvalue weighted by Crippen LogP contribution is 2.22. The molecule has 6 nitrogen and oxygen atoms in total. The van der Waals surface area contributed by atoms with E-state index in [0.717, 1.165) is 0 Å². The normalized spacial score (nSPS) is 11.1. The fraction of sp³-hybridized carbons (Fsp3) is 0.214. The Morgan fingerprint density at radius 2 is 1.70 bits per heavy atom. The average Bonchev–Trinajstić information content (AvgIpc) is 2.84. The second kappa shape index (κ2) is 6.51. The summed E-state index contributed by atoms with van der Waals surface area (Å²) in [5.74, 6) is -1.66. The van der Waals surface area contributed by atoms with Crippen LogP contribution in [0.25, 0.3) is 0 Å². The van der Waals surface area contributed by atoms with Gasteiger partial charge in [0, 0.05) is 25.0 Å². The number of nitrogens with zero attached hydrogens (tertiary/aromatic N) is 2. The van der Waals surface area contributed by atoms with E-state index in [0.29, 0.717) is 0 Å². The molecule has 0 radical (unpaired) electrons. The first-order valence-electron chi connectivity index (χ1n) is 6.50. The molecule has 23 heavy (non-hydrogen) atoms. The fourth-order valence-electron chi connectivity index (χ4n) is 1.78. The topological polar surface area (TPSA) is 76.0 Å². The lowest BCUT2D eigenvalue weighted by molar-refractivity contribution is -0.133. The van der Waals surface area contributed by atoms with E-state index in [1.807, 2.05) is 0 Å². The van der Waals surface area contributed by atoms with Crippen molar-refractivity contribution in [1.29, 1.82) is 0 Å². The van der Waals surface area contributed by atoms with Gasteiger partial charge in [0.05, 0.1) is 6.42 Å². The molecule has 2 amide bonds. The lowest BCUT2D eigenvalue weighted by atomic mass is 10.1. The van der Waals surface area contributed by atoms with Crippen molar-refractivity contribution < 1.29 is 22.8 Å². The summed E-state index contributed by atoms with van der Waals surface area (Å²) in [6, 6.07) is 6.58. The van der Waals surface area contributed by atoms with E-state index in [1.54, 1.807) is 13.2 Å². The van der Waals surface area contributed by atoms with Gasteiger partial charge < -0.3 is 10.6 Å². The third kappa shape index (κ3) is 5.13. The molecule has 0 aliphatic heterocycles. The molecule has 1 aromatic carbocycles. The first-order chi connectivity index (χ1) is 10.7. The maximum absolute atomic E-state index is 12.2. The van der Waals surface area contributed by atoms with Crippen LogP contribution in [0, 0.1) is 0 Å². The summed E-state index contributed by atoms with van der Waals surface area (Å²) in [6.07, 6.45) is -3.76. The standard InChI is InChI=1S/C14H13F3N4O2/c1-21-7-6-11(20-21)19-13(23)12(22)18-10-4-2-9(3-5-10)8-14(15,16)17/h2-7H,8H2,1H3,(H,18,22)(H,19,20,23). The average molecular weight is 326 g/mol. The Bertz CT molecular complexity index is 708. The number of carbonyl (C=O) groups is 2. The van der Waals surface area contributed by atoms with Gasteiger partial charge in [0.1, 0.15) is 0 Å². The fourth-order valence-corrected chi connectivity index (χ4v) is 1.78. The molecule has 1 heterocycles. The van der Waals surface area contributed by atoms with Gasteiger partial charge in [0.2, 0.25) is 0 Å². The number of halogens is 3. The molecule has 0 fully saturated rings. The molecule has 0 saturated heterocycles. The molecule has 9 heteroatoms. The van der Waals surface area contributed by atoms with Crippen LogP contribution in [0.2, 0.25) is 0 Å². The molecule has 1 aromatic heterocycles. The highest BCUT2D eigenvalue weighted by Gasteiger charge is 2.27. The van der Waals surface area contributed by atoms with Crippen molar-refractivity contribution >= 4 is 23.3 Å². The summed E-state index contributed by atoms with van der Waals surface area (Å²) in [4.78, 5) is 23.4. The number of anilines is 2. The van der Waals surface area contributed by atoms with Crippen LogP contribution < -0.4 is 10.6 Å². The van der Waals surface area contributed by atoms with Crippen LogP contribution in [0.3, 0.4) is 0 Å². The van der Waals surface area contributed by atoms with E-state index in [-0.39, 0.29) is 17.1 Å². The van der Waals surface area contributed by atoms with Gasteiger partial charge in [-0.3, -0.25) is 14.3 Å². The van der Waals surface area contributed by atoms with Crippen molar-refractivity contribution in [3.05, 3.63) is 42.1 Å². The lowest BCUT2D eigenvalue weighted by Gasteiger charge is -2.08. The lowest BCUT2D eigenvalue weighted by Crippen LogP contribution is -2.29. The second-order valence-corrected chi connectivity index (χ2v) is 4.77. The van der Waals surface area contributed by atoms with Gasteiger partial charge in [0.15, 0.2) is 5.82 Å². The molecule has 2 aromatic rings. The van der Waals surface area contributed by atoms with E-state index in [1.165, 1.54) is 35.0 Å². The van der Waals surface area contributed by atoms with Crippen molar-refractivity contribution in [2.24, 2.45) is 7.05 Å². The summed E-state index contributed by atoms with van der Waals surface area (Å²) in [5, 5.41) is 8.47.